The highest BCUT2D eigenvalue weighted by Gasteiger charge is 2.20. The third-order valence-electron chi connectivity index (χ3n) is 2.78. The molecular weight excluding hydrogens is 304 g/mol. The molecule has 0 spiro atoms. The number of nitrogens with one attached hydrogen (secondary N) is 1. The largest absolute Gasteiger partial charge is 0.508 e. The average molecular weight is 316 g/mol. The molecular formula is C15H12N2O4S. The van der Waals surface area contributed by atoms with Gasteiger partial charge in [-0.05, 0) is 42.6 Å². The first-order valence-corrected chi connectivity index (χ1v) is 7.17. The number of aromatic hydroxyl groups is 1. The van der Waals surface area contributed by atoms with Crippen molar-refractivity contribution in [3.63, 3.8) is 0 Å². The summed E-state index contributed by atoms with van der Waals surface area (Å²) in [5.41, 5.74) is 0.585. The number of carbonyl (C=O) groups excluding carboxylic acids is 2. The van der Waals surface area contributed by atoms with Gasteiger partial charge in [-0.25, -0.2) is 4.79 Å². The van der Waals surface area contributed by atoms with Crippen LogP contribution >= 0.6 is 11.3 Å². The number of anilines is 1. The Morgan fingerprint density at radius 2 is 2.00 bits per heavy atom. The summed E-state index contributed by atoms with van der Waals surface area (Å²) in [5.74, 6) is -1.16. The summed E-state index contributed by atoms with van der Waals surface area (Å²) in [6.07, 6.45) is -1.02. The fourth-order valence-corrected chi connectivity index (χ4v) is 2.33. The lowest BCUT2D eigenvalue weighted by molar-refractivity contribution is -0.123. The molecule has 0 aliphatic carbocycles. The minimum atomic E-state index is -1.02. The monoisotopic (exact) mass is 316 g/mol. The van der Waals surface area contributed by atoms with Gasteiger partial charge >= 0.3 is 5.97 Å². The zero-order valence-electron chi connectivity index (χ0n) is 11.6. The van der Waals surface area contributed by atoms with E-state index in [4.69, 9.17) is 15.1 Å². The number of phenolic OH excluding ortho intramolecular Hbond substituents is 1. The molecule has 112 valence electrons. The minimum absolute atomic E-state index is 0.0315. The Balaban J connectivity index is 1.98. The summed E-state index contributed by atoms with van der Waals surface area (Å²) < 4.78 is 5.05. The van der Waals surface area contributed by atoms with E-state index in [0.717, 1.165) is 0 Å². The first-order chi connectivity index (χ1) is 10.5. The van der Waals surface area contributed by atoms with Crippen LogP contribution in [0.1, 0.15) is 22.8 Å². The van der Waals surface area contributed by atoms with Crippen molar-refractivity contribution in [3.05, 3.63) is 46.8 Å². The lowest BCUT2D eigenvalue weighted by Crippen LogP contribution is -2.29. The molecule has 0 aliphatic heterocycles. The van der Waals surface area contributed by atoms with Gasteiger partial charge in [0.15, 0.2) is 6.10 Å². The second kappa shape index (κ2) is 6.74. The molecule has 1 atom stereocenters. The Morgan fingerprint density at radius 3 is 2.64 bits per heavy atom. The van der Waals surface area contributed by atoms with Crippen LogP contribution in [0.15, 0.2) is 35.7 Å². The van der Waals surface area contributed by atoms with Crippen LogP contribution < -0.4 is 5.32 Å². The Bertz CT molecular complexity index is 731. The van der Waals surface area contributed by atoms with Crippen molar-refractivity contribution < 1.29 is 19.4 Å². The zero-order chi connectivity index (χ0) is 16.1. The number of benzene rings is 1. The van der Waals surface area contributed by atoms with E-state index in [2.05, 4.69) is 5.32 Å². The molecule has 22 heavy (non-hydrogen) atoms. The van der Waals surface area contributed by atoms with Crippen LogP contribution in [0, 0.1) is 11.3 Å². The molecule has 0 radical (unpaired) electrons. The molecule has 0 saturated carbocycles. The number of hydrogen-bond acceptors (Lipinski definition) is 6. The smallest absolute Gasteiger partial charge is 0.338 e. The molecule has 0 aliphatic rings. The number of esters is 1. The molecule has 1 aromatic carbocycles. The van der Waals surface area contributed by atoms with Crippen molar-refractivity contribution in [1.82, 2.24) is 0 Å². The van der Waals surface area contributed by atoms with Gasteiger partial charge in [0.2, 0.25) is 0 Å². The van der Waals surface area contributed by atoms with E-state index >= 15 is 0 Å². The van der Waals surface area contributed by atoms with E-state index in [-0.39, 0.29) is 11.3 Å². The van der Waals surface area contributed by atoms with Gasteiger partial charge < -0.3 is 15.2 Å². The lowest BCUT2D eigenvalue weighted by atomic mass is 10.2. The van der Waals surface area contributed by atoms with Crippen LogP contribution in [-0.4, -0.2) is 23.1 Å². The summed E-state index contributed by atoms with van der Waals surface area (Å²) in [7, 11) is 0. The van der Waals surface area contributed by atoms with Crippen molar-refractivity contribution in [2.24, 2.45) is 0 Å². The van der Waals surface area contributed by atoms with E-state index in [1.807, 2.05) is 6.07 Å². The number of rotatable bonds is 4. The molecule has 2 aromatic rings. The predicted octanol–water partition coefficient (Wildman–Crippen LogP) is 2.51. The van der Waals surface area contributed by atoms with Crippen LogP contribution in [0.3, 0.4) is 0 Å². The third kappa shape index (κ3) is 3.62. The number of amides is 1. The second-order valence-electron chi connectivity index (χ2n) is 4.36. The topological polar surface area (TPSA) is 99.4 Å². The maximum Gasteiger partial charge on any atom is 0.338 e. The van der Waals surface area contributed by atoms with Crippen LogP contribution in [0.25, 0.3) is 0 Å². The number of carbonyl (C=O) groups is 2. The fourth-order valence-electron chi connectivity index (χ4n) is 1.59. The van der Waals surface area contributed by atoms with Gasteiger partial charge in [0.05, 0.1) is 11.1 Å². The molecule has 7 heteroatoms. The van der Waals surface area contributed by atoms with Gasteiger partial charge in [-0.2, -0.15) is 5.26 Å². The van der Waals surface area contributed by atoms with Crippen LogP contribution in [0.5, 0.6) is 5.75 Å². The Labute approximate surface area is 130 Å². The van der Waals surface area contributed by atoms with Gasteiger partial charge in [0, 0.05) is 0 Å². The summed E-state index contributed by atoms with van der Waals surface area (Å²) in [6.45, 7) is 1.44. The average Bonchev–Trinajstić information content (AvgIpc) is 2.94. The molecule has 1 amide bonds. The van der Waals surface area contributed by atoms with E-state index in [1.54, 1.807) is 11.4 Å². The van der Waals surface area contributed by atoms with Crippen molar-refractivity contribution in [2.45, 2.75) is 13.0 Å². The van der Waals surface area contributed by atoms with E-state index < -0.39 is 18.0 Å². The molecule has 1 aromatic heterocycles. The number of ether oxygens (including phenoxy) is 1. The van der Waals surface area contributed by atoms with E-state index in [1.165, 1.54) is 42.5 Å². The number of phenols is 1. The summed E-state index contributed by atoms with van der Waals surface area (Å²) in [6, 6.07) is 9.05. The van der Waals surface area contributed by atoms with Crippen molar-refractivity contribution in [3.8, 4) is 11.8 Å². The fraction of sp³-hybridized carbons (Fsp3) is 0.133. The maximum atomic E-state index is 12.0. The third-order valence-corrected chi connectivity index (χ3v) is 3.61. The normalized spacial score (nSPS) is 11.3. The second-order valence-corrected chi connectivity index (χ2v) is 5.27. The molecule has 1 heterocycles. The molecule has 0 unspecified atom stereocenters. The van der Waals surface area contributed by atoms with Crippen LogP contribution in [0.2, 0.25) is 0 Å². The van der Waals surface area contributed by atoms with Crippen molar-refractivity contribution >= 4 is 28.2 Å². The Morgan fingerprint density at radius 1 is 1.32 bits per heavy atom. The van der Waals surface area contributed by atoms with Crippen LogP contribution in [-0.2, 0) is 9.53 Å². The first kappa shape index (κ1) is 15.5. The van der Waals surface area contributed by atoms with E-state index in [0.29, 0.717) is 10.6 Å². The van der Waals surface area contributed by atoms with Crippen molar-refractivity contribution in [1.29, 1.82) is 5.26 Å². The van der Waals surface area contributed by atoms with Gasteiger partial charge in [-0.15, -0.1) is 11.3 Å². The standard InChI is InChI=1S/C15H12N2O4S/c1-9(13(19)17-14-11(8-16)6-7-22-14)21-15(20)10-2-4-12(18)5-3-10/h2-7,9,18H,1H3,(H,17,19)/t9-/m0/s1. The lowest BCUT2D eigenvalue weighted by Gasteiger charge is -2.13. The molecule has 6 nitrogen and oxygen atoms in total. The Kier molecular flexibility index (Phi) is 4.76. The minimum Gasteiger partial charge on any atom is -0.508 e. The van der Waals surface area contributed by atoms with Crippen LogP contribution in [0.4, 0.5) is 5.00 Å². The number of thiophene rings is 1. The molecule has 0 fully saturated rings. The quantitative estimate of drug-likeness (QED) is 0.844. The summed E-state index contributed by atoms with van der Waals surface area (Å²) >= 11 is 1.21. The number of nitrogens with zero attached hydrogens (tertiary/aromatic N) is 1. The van der Waals surface area contributed by atoms with Gasteiger partial charge in [0.25, 0.3) is 5.91 Å². The Hall–Kier alpha value is -2.85. The summed E-state index contributed by atoms with van der Waals surface area (Å²) in [5, 5.41) is 22.7. The molecule has 0 bridgehead atoms. The first-order valence-electron chi connectivity index (χ1n) is 6.29. The van der Waals surface area contributed by atoms with Gasteiger partial charge in [0.1, 0.15) is 16.8 Å². The highest BCUT2D eigenvalue weighted by Crippen LogP contribution is 2.22. The van der Waals surface area contributed by atoms with Gasteiger partial charge in [-0.1, -0.05) is 0 Å². The molecule has 2 rings (SSSR count). The number of nitriles is 1. The highest BCUT2D eigenvalue weighted by atomic mass is 32.1. The molecule has 2 N–H and O–H groups in total. The summed E-state index contributed by atoms with van der Waals surface area (Å²) in [4.78, 5) is 23.8. The number of hydrogen-bond donors (Lipinski definition) is 2. The SMILES string of the molecule is C[C@H](OC(=O)c1ccc(O)cc1)C(=O)Nc1sccc1C#N. The highest BCUT2D eigenvalue weighted by molar-refractivity contribution is 7.14. The predicted molar refractivity (Wildman–Crippen MR) is 80.6 cm³/mol. The van der Waals surface area contributed by atoms with Crippen molar-refractivity contribution in [2.75, 3.05) is 5.32 Å². The van der Waals surface area contributed by atoms with Gasteiger partial charge in [-0.3, -0.25) is 4.79 Å². The van der Waals surface area contributed by atoms with E-state index in [9.17, 15) is 9.59 Å². The maximum absolute atomic E-state index is 12.0. The molecule has 0 saturated heterocycles. The zero-order valence-corrected chi connectivity index (χ0v) is 12.4.